The molecule has 0 heterocycles. The number of thiocarbonyl (C=S) groups is 1. The van der Waals surface area contributed by atoms with Gasteiger partial charge >= 0.3 is 0 Å². The maximum Gasteiger partial charge on any atom is 0.269 e. The first-order valence-electron chi connectivity index (χ1n) is 11.7. The van der Waals surface area contributed by atoms with Crippen LogP contribution in [0.1, 0.15) is 55.3 Å². The van der Waals surface area contributed by atoms with E-state index in [-0.39, 0.29) is 35.9 Å². The standard InChI is InChI=1S/C25H28Cl2N4O4S/c26-18-10-13-21(20(27)15-18)35-14-4-7-22(32)29-25(36)31-30-24(34)17-8-11-19(12-9-17)28-23(33)16-5-2-1-3-6-16/h8-13,15-16H,1-7,14H2,(H,28,33)(H,30,34)(H2,29,31,32,36). The van der Waals surface area contributed by atoms with E-state index >= 15 is 0 Å². The van der Waals surface area contributed by atoms with Crippen LogP contribution in [0.3, 0.4) is 0 Å². The molecular formula is C25H28Cl2N4O4S. The number of nitrogens with one attached hydrogen (secondary N) is 4. The van der Waals surface area contributed by atoms with Crippen molar-refractivity contribution in [2.45, 2.75) is 44.9 Å². The van der Waals surface area contributed by atoms with Crippen molar-refractivity contribution in [2.24, 2.45) is 5.92 Å². The third-order valence-electron chi connectivity index (χ3n) is 5.63. The molecule has 0 bridgehead atoms. The van der Waals surface area contributed by atoms with Crippen LogP contribution in [0.15, 0.2) is 42.5 Å². The smallest absolute Gasteiger partial charge is 0.269 e. The lowest BCUT2D eigenvalue weighted by molar-refractivity contribution is -0.121. The molecule has 0 unspecified atom stereocenters. The molecule has 11 heteroatoms. The fourth-order valence-corrected chi connectivity index (χ4v) is 4.36. The quantitative estimate of drug-likeness (QED) is 0.209. The first-order valence-corrected chi connectivity index (χ1v) is 12.9. The van der Waals surface area contributed by atoms with E-state index in [4.69, 9.17) is 40.2 Å². The summed E-state index contributed by atoms with van der Waals surface area (Å²) in [6, 6.07) is 11.5. The zero-order chi connectivity index (χ0) is 25.9. The van der Waals surface area contributed by atoms with E-state index in [1.807, 2.05) is 0 Å². The van der Waals surface area contributed by atoms with Gasteiger partial charge < -0.3 is 15.4 Å². The lowest BCUT2D eigenvalue weighted by atomic mass is 9.88. The van der Waals surface area contributed by atoms with Crippen molar-refractivity contribution >= 4 is 63.9 Å². The highest BCUT2D eigenvalue weighted by molar-refractivity contribution is 7.80. The summed E-state index contributed by atoms with van der Waals surface area (Å²) >= 11 is 16.9. The minimum atomic E-state index is -0.440. The Hall–Kier alpha value is -2.88. The predicted octanol–water partition coefficient (Wildman–Crippen LogP) is 5.01. The average molecular weight is 551 g/mol. The van der Waals surface area contributed by atoms with E-state index in [2.05, 4.69) is 21.5 Å². The van der Waals surface area contributed by atoms with Gasteiger partial charge in [-0.15, -0.1) is 0 Å². The Morgan fingerprint density at radius 2 is 1.69 bits per heavy atom. The minimum Gasteiger partial charge on any atom is -0.492 e. The molecule has 0 saturated heterocycles. The molecule has 4 N–H and O–H groups in total. The van der Waals surface area contributed by atoms with Gasteiger partial charge in [0.15, 0.2) is 5.11 Å². The fraction of sp³-hybridized carbons (Fsp3) is 0.360. The maximum absolute atomic E-state index is 12.4. The van der Waals surface area contributed by atoms with E-state index in [9.17, 15) is 14.4 Å². The van der Waals surface area contributed by atoms with Crippen molar-refractivity contribution in [1.82, 2.24) is 16.2 Å². The van der Waals surface area contributed by atoms with Gasteiger partial charge in [0, 0.05) is 28.6 Å². The molecule has 36 heavy (non-hydrogen) atoms. The van der Waals surface area contributed by atoms with Crippen LogP contribution in [0, 0.1) is 5.92 Å². The molecule has 8 nitrogen and oxygen atoms in total. The van der Waals surface area contributed by atoms with Crippen LogP contribution in [0.4, 0.5) is 5.69 Å². The number of halogens is 2. The summed E-state index contributed by atoms with van der Waals surface area (Å²) in [4.78, 5) is 36.7. The van der Waals surface area contributed by atoms with Gasteiger partial charge in [0.1, 0.15) is 5.75 Å². The van der Waals surface area contributed by atoms with Gasteiger partial charge in [0.2, 0.25) is 11.8 Å². The second-order valence-corrected chi connectivity index (χ2v) is 9.64. The Morgan fingerprint density at radius 1 is 0.972 bits per heavy atom. The monoisotopic (exact) mass is 550 g/mol. The van der Waals surface area contributed by atoms with E-state index in [0.717, 1.165) is 25.7 Å². The molecule has 0 spiro atoms. The maximum atomic E-state index is 12.4. The van der Waals surface area contributed by atoms with E-state index in [1.165, 1.54) is 6.42 Å². The van der Waals surface area contributed by atoms with Gasteiger partial charge in [-0.1, -0.05) is 42.5 Å². The van der Waals surface area contributed by atoms with Gasteiger partial charge in [-0.2, -0.15) is 0 Å². The van der Waals surface area contributed by atoms with Crippen molar-refractivity contribution in [2.75, 3.05) is 11.9 Å². The summed E-state index contributed by atoms with van der Waals surface area (Å²) < 4.78 is 5.54. The van der Waals surface area contributed by atoms with Crippen LogP contribution in [-0.4, -0.2) is 29.4 Å². The molecule has 192 valence electrons. The zero-order valence-electron chi connectivity index (χ0n) is 19.6. The number of hydrogen-bond donors (Lipinski definition) is 4. The van der Waals surface area contributed by atoms with Gasteiger partial charge in [-0.05, 0) is 73.9 Å². The zero-order valence-corrected chi connectivity index (χ0v) is 21.9. The molecule has 1 aliphatic carbocycles. The number of carbonyl (C=O) groups excluding carboxylic acids is 3. The highest BCUT2D eigenvalue weighted by atomic mass is 35.5. The van der Waals surface area contributed by atoms with Crippen LogP contribution in [0.2, 0.25) is 10.0 Å². The number of ether oxygens (including phenoxy) is 1. The number of amides is 3. The largest absolute Gasteiger partial charge is 0.492 e. The van der Waals surface area contributed by atoms with Gasteiger partial charge in [0.05, 0.1) is 11.6 Å². The summed E-state index contributed by atoms with van der Waals surface area (Å²) in [5, 5.41) is 6.26. The molecule has 1 aliphatic rings. The Morgan fingerprint density at radius 3 is 2.39 bits per heavy atom. The summed E-state index contributed by atoms with van der Waals surface area (Å²) in [6.45, 7) is 0.281. The first kappa shape index (κ1) is 27.7. The lowest BCUT2D eigenvalue weighted by Crippen LogP contribution is -2.48. The van der Waals surface area contributed by atoms with Crippen molar-refractivity contribution < 1.29 is 19.1 Å². The second kappa shape index (κ2) is 14.0. The average Bonchev–Trinajstić information content (AvgIpc) is 2.87. The van der Waals surface area contributed by atoms with Crippen LogP contribution in [0.5, 0.6) is 5.75 Å². The molecule has 3 rings (SSSR count). The SMILES string of the molecule is O=C(CCCOc1ccc(Cl)cc1Cl)NC(=S)NNC(=O)c1ccc(NC(=O)C2CCCCC2)cc1. The number of rotatable bonds is 8. The number of hydrogen-bond acceptors (Lipinski definition) is 5. The van der Waals surface area contributed by atoms with Crippen molar-refractivity contribution in [3.05, 3.63) is 58.1 Å². The van der Waals surface area contributed by atoms with Crippen molar-refractivity contribution in [3.63, 3.8) is 0 Å². The number of hydrazine groups is 1. The molecule has 1 saturated carbocycles. The lowest BCUT2D eigenvalue weighted by Gasteiger charge is -2.20. The predicted molar refractivity (Wildman–Crippen MR) is 144 cm³/mol. The second-order valence-electron chi connectivity index (χ2n) is 8.38. The van der Waals surface area contributed by atoms with Crippen molar-refractivity contribution in [3.8, 4) is 5.75 Å². The molecular weight excluding hydrogens is 523 g/mol. The Bertz CT molecular complexity index is 1090. The molecule has 3 amide bonds. The Balaban J connectivity index is 1.33. The number of benzene rings is 2. The van der Waals surface area contributed by atoms with Crippen LogP contribution in [0.25, 0.3) is 0 Å². The molecule has 0 aliphatic heterocycles. The van der Waals surface area contributed by atoms with Gasteiger partial charge in [-0.3, -0.25) is 25.2 Å². The minimum absolute atomic E-state index is 0.0231. The number of carbonyl (C=O) groups is 3. The molecule has 2 aromatic rings. The molecule has 1 fully saturated rings. The summed E-state index contributed by atoms with van der Waals surface area (Å²) in [7, 11) is 0. The molecule has 0 atom stereocenters. The van der Waals surface area contributed by atoms with E-state index in [1.54, 1.807) is 42.5 Å². The van der Waals surface area contributed by atoms with Gasteiger partial charge in [-0.25, -0.2) is 0 Å². The molecule has 2 aromatic carbocycles. The molecule has 0 aromatic heterocycles. The Kier molecular flexibility index (Phi) is 10.8. The summed E-state index contributed by atoms with van der Waals surface area (Å²) in [5.41, 5.74) is 5.94. The van der Waals surface area contributed by atoms with Crippen LogP contribution in [-0.2, 0) is 9.59 Å². The highest BCUT2D eigenvalue weighted by Crippen LogP contribution is 2.27. The Labute approximate surface area is 225 Å². The topological polar surface area (TPSA) is 109 Å². The number of anilines is 1. The van der Waals surface area contributed by atoms with E-state index < -0.39 is 5.91 Å². The fourth-order valence-electron chi connectivity index (χ4n) is 3.73. The first-order chi connectivity index (χ1) is 17.3. The van der Waals surface area contributed by atoms with Crippen molar-refractivity contribution in [1.29, 1.82) is 0 Å². The third-order valence-corrected chi connectivity index (χ3v) is 6.37. The highest BCUT2D eigenvalue weighted by Gasteiger charge is 2.21. The summed E-state index contributed by atoms with van der Waals surface area (Å²) in [5.74, 6) is -0.205. The third kappa shape index (κ3) is 8.96. The van der Waals surface area contributed by atoms with E-state index in [0.29, 0.717) is 33.5 Å². The molecule has 0 radical (unpaired) electrons. The van der Waals surface area contributed by atoms with Crippen LogP contribution < -0.4 is 26.2 Å². The van der Waals surface area contributed by atoms with Crippen LogP contribution >= 0.6 is 35.4 Å². The summed E-state index contributed by atoms with van der Waals surface area (Å²) in [6.07, 6.45) is 5.78. The normalized spacial score (nSPS) is 13.4. The van der Waals surface area contributed by atoms with Gasteiger partial charge in [0.25, 0.3) is 5.91 Å².